The summed E-state index contributed by atoms with van der Waals surface area (Å²) in [7, 11) is 1.65. The molecule has 0 heterocycles. The van der Waals surface area contributed by atoms with Crippen LogP contribution in [0, 0.1) is 6.92 Å². The van der Waals surface area contributed by atoms with Crippen molar-refractivity contribution in [2.45, 2.75) is 6.92 Å². The van der Waals surface area contributed by atoms with E-state index in [1.807, 2.05) is 31.2 Å². The smallest absolute Gasteiger partial charge is 0.119 e. The van der Waals surface area contributed by atoms with Crippen molar-refractivity contribution >= 4 is 0 Å². The van der Waals surface area contributed by atoms with Crippen LogP contribution in [0.15, 0.2) is 24.3 Å². The molecule has 8 nitrogen and oxygen atoms in total. The molecule has 30 heavy (non-hydrogen) atoms. The second kappa shape index (κ2) is 21.0. The summed E-state index contributed by atoms with van der Waals surface area (Å²) < 4.78 is 42.9. The molecule has 1 aromatic rings. The zero-order valence-electron chi connectivity index (χ0n) is 18.5. The molecule has 0 atom stereocenters. The van der Waals surface area contributed by atoms with Gasteiger partial charge in [0, 0.05) is 7.11 Å². The standard InChI is InChI=1S/C22H38O8/c1-21-3-5-22(6-4-21)30-20-19-29-18-17-28-16-15-27-14-13-26-12-11-25-10-9-24-8-7-23-2/h3-6H,7-20H2,1-2H3. The van der Waals surface area contributed by atoms with E-state index in [2.05, 4.69) is 0 Å². The quantitative estimate of drug-likeness (QED) is 0.259. The fraction of sp³-hybridized carbons (Fsp3) is 0.727. The van der Waals surface area contributed by atoms with Gasteiger partial charge in [-0.3, -0.25) is 0 Å². The molecular weight excluding hydrogens is 392 g/mol. The van der Waals surface area contributed by atoms with Gasteiger partial charge in [-0.25, -0.2) is 0 Å². The topological polar surface area (TPSA) is 73.8 Å². The van der Waals surface area contributed by atoms with Gasteiger partial charge in [0.05, 0.1) is 85.9 Å². The van der Waals surface area contributed by atoms with Crippen molar-refractivity contribution in [2.75, 3.05) is 99.6 Å². The van der Waals surface area contributed by atoms with E-state index < -0.39 is 0 Å². The van der Waals surface area contributed by atoms with Crippen molar-refractivity contribution in [2.24, 2.45) is 0 Å². The maximum atomic E-state index is 5.58. The lowest BCUT2D eigenvalue weighted by molar-refractivity contribution is -0.0199. The zero-order chi connectivity index (χ0) is 21.5. The van der Waals surface area contributed by atoms with Crippen LogP contribution >= 0.6 is 0 Å². The molecular formula is C22H38O8. The first-order chi connectivity index (χ1) is 14.8. The van der Waals surface area contributed by atoms with Crippen molar-refractivity contribution < 1.29 is 37.9 Å². The Hall–Kier alpha value is -1.26. The minimum atomic E-state index is 0.527. The molecule has 0 bridgehead atoms. The number of hydrogen-bond donors (Lipinski definition) is 0. The molecule has 1 aromatic carbocycles. The number of hydrogen-bond acceptors (Lipinski definition) is 8. The molecule has 0 aliphatic heterocycles. The molecule has 174 valence electrons. The number of methoxy groups -OCH3 is 1. The number of benzene rings is 1. The van der Waals surface area contributed by atoms with E-state index >= 15 is 0 Å². The minimum Gasteiger partial charge on any atom is -0.491 e. The summed E-state index contributed by atoms with van der Waals surface area (Å²) in [5.74, 6) is 0.859. The first-order valence-electron chi connectivity index (χ1n) is 10.5. The van der Waals surface area contributed by atoms with Gasteiger partial charge in [-0.1, -0.05) is 17.7 Å². The summed E-state index contributed by atoms with van der Waals surface area (Å²) in [4.78, 5) is 0. The van der Waals surface area contributed by atoms with Crippen molar-refractivity contribution in [3.8, 4) is 5.75 Å². The van der Waals surface area contributed by atoms with E-state index in [0.29, 0.717) is 92.5 Å². The monoisotopic (exact) mass is 430 g/mol. The third kappa shape index (κ3) is 17.6. The Balaban J connectivity index is 1.68. The van der Waals surface area contributed by atoms with Crippen LogP contribution in [-0.2, 0) is 33.2 Å². The van der Waals surface area contributed by atoms with Gasteiger partial charge < -0.3 is 37.9 Å². The highest BCUT2D eigenvalue weighted by Gasteiger charge is 1.96. The van der Waals surface area contributed by atoms with Crippen molar-refractivity contribution in [3.63, 3.8) is 0 Å². The summed E-state index contributed by atoms with van der Waals surface area (Å²) >= 11 is 0. The highest BCUT2D eigenvalue weighted by molar-refractivity contribution is 5.26. The van der Waals surface area contributed by atoms with Crippen LogP contribution < -0.4 is 4.74 Å². The molecule has 0 N–H and O–H groups in total. The maximum Gasteiger partial charge on any atom is 0.119 e. The lowest BCUT2D eigenvalue weighted by Gasteiger charge is -2.09. The van der Waals surface area contributed by atoms with E-state index in [1.54, 1.807) is 7.11 Å². The van der Waals surface area contributed by atoms with Crippen molar-refractivity contribution in [1.82, 2.24) is 0 Å². The Morgan fingerprint density at radius 2 is 0.800 bits per heavy atom. The SMILES string of the molecule is COCCOCCOCCOCCOCCOCCOCCOc1ccc(C)cc1. The molecule has 0 unspecified atom stereocenters. The van der Waals surface area contributed by atoms with Gasteiger partial charge in [0.25, 0.3) is 0 Å². The predicted molar refractivity (Wildman–Crippen MR) is 113 cm³/mol. The Bertz CT molecular complexity index is 469. The average molecular weight is 431 g/mol. The maximum absolute atomic E-state index is 5.58. The fourth-order valence-electron chi connectivity index (χ4n) is 2.20. The van der Waals surface area contributed by atoms with Crippen LogP contribution in [-0.4, -0.2) is 99.6 Å². The largest absolute Gasteiger partial charge is 0.491 e. The molecule has 0 spiro atoms. The summed E-state index contributed by atoms with van der Waals surface area (Å²) in [6.45, 7) is 9.76. The summed E-state index contributed by atoms with van der Waals surface area (Å²) in [6.07, 6.45) is 0. The Labute approximate surface area is 180 Å². The van der Waals surface area contributed by atoms with Crippen molar-refractivity contribution in [1.29, 1.82) is 0 Å². The Morgan fingerprint density at radius 3 is 1.17 bits per heavy atom. The van der Waals surface area contributed by atoms with E-state index in [-0.39, 0.29) is 0 Å². The zero-order valence-corrected chi connectivity index (χ0v) is 18.5. The summed E-state index contributed by atoms with van der Waals surface area (Å²) in [5.41, 5.74) is 1.22. The highest BCUT2D eigenvalue weighted by atomic mass is 16.6. The summed E-state index contributed by atoms with van der Waals surface area (Å²) in [6, 6.07) is 7.96. The van der Waals surface area contributed by atoms with Gasteiger partial charge in [-0.15, -0.1) is 0 Å². The van der Waals surface area contributed by atoms with E-state index in [4.69, 9.17) is 37.9 Å². The van der Waals surface area contributed by atoms with Gasteiger partial charge in [0.15, 0.2) is 0 Å². The van der Waals surface area contributed by atoms with E-state index in [1.165, 1.54) is 5.56 Å². The van der Waals surface area contributed by atoms with E-state index in [0.717, 1.165) is 5.75 Å². The second-order valence-corrected chi connectivity index (χ2v) is 6.33. The van der Waals surface area contributed by atoms with Gasteiger partial charge in [-0.05, 0) is 19.1 Å². The molecule has 0 aliphatic rings. The first-order valence-corrected chi connectivity index (χ1v) is 10.5. The predicted octanol–water partition coefficient (Wildman–Crippen LogP) is 2.12. The summed E-state index contributed by atoms with van der Waals surface area (Å²) in [5, 5.41) is 0. The molecule has 8 heteroatoms. The number of ether oxygens (including phenoxy) is 8. The Kier molecular flexibility index (Phi) is 18.7. The minimum absolute atomic E-state index is 0.527. The van der Waals surface area contributed by atoms with Gasteiger partial charge in [-0.2, -0.15) is 0 Å². The molecule has 0 aromatic heterocycles. The van der Waals surface area contributed by atoms with Gasteiger partial charge in [0.1, 0.15) is 12.4 Å². The first kappa shape index (κ1) is 26.8. The van der Waals surface area contributed by atoms with Gasteiger partial charge in [0.2, 0.25) is 0 Å². The molecule has 0 amide bonds. The van der Waals surface area contributed by atoms with Crippen LogP contribution in [0.25, 0.3) is 0 Å². The van der Waals surface area contributed by atoms with Crippen molar-refractivity contribution in [3.05, 3.63) is 29.8 Å². The second-order valence-electron chi connectivity index (χ2n) is 6.33. The third-order valence-electron chi connectivity index (χ3n) is 3.81. The molecule has 1 rings (SSSR count). The Morgan fingerprint density at radius 1 is 0.467 bits per heavy atom. The van der Waals surface area contributed by atoms with Crippen LogP contribution in [0.1, 0.15) is 5.56 Å². The molecule has 0 radical (unpaired) electrons. The average Bonchev–Trinajstić information content (AvgIpc) is 2.76. The lowest BCUT2D eigenvalue weighted by Crippen LogP contribution is -2.15. The lowest BCUT2D eigenvalue weighted by atomic mass is 10.2. The van der Waals surface area contributed by atoms with Gasteiger partial charge >= 0.3 is 0 Å². The van der Waals surface area contributed by atoms with Crippen LogP contribution in [0.2, 0.25) is 0 Å². The number of rotatable bonds is 22. The van der Waals surface area contributed by atoms with Crippen LogP contribution in [0.5, 0.6) is 5.75 Å². The van der Waals surface area contributed by atoms with E-state index in [9.17, 15) is 0 Å². The number of aryl methyl sites for hydroxylation is 1. The molecule has 0 aliphatic carbocycles. The highest BCUT2D eigenvalue weighted by Crippen LogP contribution is 2.10. The van der Waals surface area contributed by atoms with Crippen LogP contribution in [0.3, 0.4) is 0 Å². The third-order valence-corrected chi connectivity index (χ3v) is 3.81. The molecule has 0 saturated heterocycles. The van der Waals surface area contributed by atoms with Crippen LogP contribution in [0.4, 0.5) is 0 Å². The fourth-order valence-corrected chi connectivity index (χ4v) is 2.20. The molecule has 0 fully saturated rings. The molecule has 0 saturated carbocycles. The normalized spacial score (nSPS) is 11.1.